The molecule has 0 radical (unpaired) electrons. The smallest absolute Gasteiger partial charge is 0.260 e. The van der Waals surface area contributed by atoms with E-state index in [1.54, 1.807) is 31.4 Å². The fourth-order valence-electron chi connectivity index (χ4n) is 4.43. The number of amides is 1. The summed E-state index contributed by atoms with van der Waals surface area (Å²) in [6.45, 7) is 7.73. The Hall–Kier alpha value is -3.50. The molecule has 4 rings (SSSR count). The normalized spacial score (nSPS) is 17.5. The third kappa shape index (κ3) is 5.60. The predicted octanol–water partition coefficient (Wildman–Crippen LogP) is 1.77. The fourth-order valence-corrected chi connectivity index (χ4v) is 4.43. The SMILES string of the molecule is CN/C=C(\C=N)c1cccc(NC(=O)c2cc3c(nc2N2CCN(CCO)CC2)OC(C)(C)C3)n1. The van der Waals surface area contributed by atoms with Gasteiger partial charge in [-0.15, -0.1) is 0 Å². The van der Waals surface area contributed by atoms with Gasteiger partial charge in [0.05, 0.1) is 17.9 Å². The lowest BCUT2D eigenvalue weighted by Gasteiger charge is -2.35. The maximum Gasteiger partial charge on any atom is 0.260 e. The molecule has 35 heavy (non-hydrogen) atoms. The maximum atomic E-state index is 13.5. The molecule has 186 valence electrons. The number of hydrogen-bond donors (Lipinski definition) is 4. The molecular weight excluding hydrogens is 446 g/mol. The number of anilines is 2. The van der Waals surface area contributed by atoms with Crippen molar-refractivity contribution in [2.75, 3.05) is 56.6 Å². The Kier molecular flexibility index (Phi) is 7.32. The molecule has 2 aromatic heterocycles. The standard InChI is InChI=1S/C25H33N7O3/c1-25(2)14-17-13-19(22(30-24(17)35-25)32-9-7-31(8-10-32)11-12-33)23(34)29-21-6-4-5-20(28-21)18(15-26)16-27-3/h4-6,13,15-16,26-27,33H,7-12,14H2,1-3H3,(H,28,29,34)/b18-16+,26-15?. The first kappa shape index (κ1) is 24.6. The second-order valence-corrected chi connectivity index (χ2v) is 9.31. The molecule has 10 heteroatoms. The average Bonchev–Trinajstić information content (AvgIpc) is 3.15. The Labute approximate surface area is 205 Å². The van der Waals surface area contributed by atoms with E-state index in [1.807, 2.05) is 19.9 Å². The lowest BCUT2D eigenvalue weighted by molar-refractivity contribution is 0.102. The van der Waals surface area contributed by atoms with Crippen LogP contribution < -0.4 is 20.3 Å². The molecule has 0 spiro atoms. The first-order chi connectivity index (χ1) is 16.8. The van der Waals surface area contributed by atoms with Crippen molar-refractivity contribution in [2.45, 2.75) is 25.9 Å². The highest BCUT2D eigenvalue weighted by Gasteiger charge is 2.34. The quantitative estimate of drug-likeness (QED) is 0.422. The molecule has 10 nitrogen and oxygen atoms in total. The van der Waals surface area contributed by atoms with Gasteiger partial charge in [-0.1, -0.05) is 6.07 Å². The molecule has 0 aromatic carbocycles. The number of hydrogen-bond acceptors (Lipinski definition) is 9. The molecule has 0 unspecified atom stereocenters. The van der Waals surface area contributed by atoms with E-state index in [4.69, 9.17) is 15.1 Å². The zero-order valence-corrected chi connectivity index (χ0v) is 20.5. The molecule has 4 N–H and O–H groups in total. The molecule has 1 amide bonds. The Bertz CT molecular complexity index is 1120. The van der Waals surface area contributed by atoms with Gasteiger partial charge in [0.1, 0.15) is 17.2 Å². The number of aromatic nitrogens is 2. The zero-order chi connectivity index (χ0) is 25.0. The van der Waals surface area contributed by atoms with Crippen LogP contribution in [0.4, 0.5) is 11.6 Å². The number of carbonyl (C=O) groups is 1. The van der Waals surface area contributed by atoms with Gasteiger partial charge in [0.15, 0.2) is 0 Å². The highest BCUT2D eigenvalue weighted by atomic mass is 16.5. The van der Waals surface area contributed by atoms with Crippen molar-refractivity contribution in [2.24, 2.45) is 0 Å². The lowest BCUT2D eigenvalue weighted by atomic mass is 10.0. The Morgan fingerprint density at radius 1 is 1.26 bits per heavy atom. The first-order valence-electron chi connectivity index (χ1n) is 11.8. The van der Waals surface area contributed by atoms with Crippen LogP contribution in [-0.4, -0.2) is 84.1 Å². The second kappa shape index (κ2) is 10.4. The molecule has 0 saturated carbocycles. The number of aliphatic hydroxyl groups excluding tert-OH is 1. The third-order valence-electron chi connectivity index (χ3n) is 6.11. The van der Waals surface area contributed by atoms with Gasteiger partial charge in [0.25, 0.3) is 5.91 Å². The minimum absolute atomic E-state index is 0.128. The number of pyridine rings is 2. The van der Waals surface area contributed by atoms with Crippen molar-refractivity contribution >= 4 is 29.3 Å². The number of fused-ring (bicyclic) bond motifs is 1. The van der Waals surface area contributed by atoms with Crippen molar-refractivity contribution in [3.05, 3.63) is 47.3 Å². The Morgan fingerprint density at radius 2 is 2.03 bits per heavy atom. The van der Waals surface area contributed by atoms with Crippen molar-refractivity contribution in [3.63, 3.8) is 0 Å². The fraction of sp³-hybridized carbons (Fsp3) is 0.440. The minimum atomic E-state index is -0.375. The van der Waals surface area contributed by atoms with Crippen LogP contribution in [0.15, 0.2) is 30.5 Å². The van der Waals surface area contributed by atoms with Gasteiger partial charge in [0.2, 0.25) is 5.88 Å². The molecule has 0 aliphatic carbocycles. The summed E-state index contributed by atoms with van der Waals surface area (Å²) in [6.07, 6.45) is 3.57. The van der Waals surface area contributed by atoms with Crippen LogP contribution in [0.2, 0.25) is 0 Å². The number of nitrogens with zero attached hydrogens (tertiary/aromatic N) is 4. The number of β-amino-alcohol motifs (C(OH)–C–C–N with tert-alkyl or cyclic N) is 1. The van der Waals surface area contributed by atoms with E-state index >= 15 is 0 Å². The van der Waals surface area contributed by atoms with Gasteiger partial charge in [-0.3, -0.25) is 9.69 Å². The Balaban J connectivity index is 1.63. The molecule has 1 saturated heterocycles. The molecular formula is C25H33N7O3. The highest BCUT2D eigenvalue weighted by Crippen LogP contribution is 2.37. The minimum Gasteiger partial charge on any atom is -0.471 e. The predicted molar refractivity (Wildman–Crippen MR) is 136 cm³/mol. The zero-order valence-electron chi connectivity index (χ0n) is 20.5. The number of aliphatic hydroxyl groups is 1. The summed E-state index contributed by atoms with van der Waals surface area (Å²) in [5.74, 6) is 1.27. The van der Waals surface area contributed by atoms with E-state index < -0.39 is 0 Å². The third-order valence-corrected chi connectivity index (χ3v) is 6.11. The summed E-state index contributed by atoms with van der Waals surface area (Å²) in [7, 11) is 1.76. The van der Waals surface area contributed by atoms with E-state index in [0.29, 0.717) is 60.4 Å². The van der Waals surface area contributed by atoms with E-state index in [2.05, 4.69) is 25.4 Å². The van der Waals surface area contributed by atoms with Crippen molar-refractivity contribution in [3.8, 4) is 5.88 Å². The number of carbonyl (C=O) groups excluding carboxylic acids is 1. The van der Waals surface area contributed by atoms with Gasteiger partial charge in [-0.2, -0.15) is 4.98 Å². The molecule has 4 heterocycles. The van der Waals surface area contributed by atoms with Gasteiger partial charge >= 0.3 is 0 Å². The van der Waals surface area contributed by atoms with E-state index in [9.17, 15) is 9.90 Å². The van der Waals surface area contributed by atoms with Crippen LogP contribution >= 0.6 is 0 Å². The first-order valence-corrected chi connectivity index (χ1v) is 11.8. The molecule has 0 atom stereocenters. The summed E-state index contributed by atoms with van der Waals surface area (Å²) in [6, 6.07) is 7.19. The lowest BCUT2D eigenvalue weighted by Crippen LogP contribution is -2.48. The maximum absolute atomic E-state index is 13.5. The summed E-state index contributed by atoms with van der Waals surface area (Å²) >= 11 is 0. The summed E-state index contributed by atoms with van der Waals surface area (Å²) in [5.41, 5.74) is 2.19. The van der Waals surface area contributed by atoms with Crippen LogP contribution in [-0.2, 0) is 6.42 Å². The number of allylic oxidation sites excluding steroid dienone is 1. The molecule has 1 fully saturated rings. The van der Waals surface area contributed by atoms with Gasteiger partial charge in [-0.05, 0) is 32.0 Å². The van der Waals surface area contributed by atoms with Crippen molar-refractivity contribution in [1.82, 2.24) is 20.2 Å². The van der Waals surface area contributed by atoms with Crippen LogP contribution in [0, 0.1) is 5.41 Å². The summed E-state index contributed by atoms with van der Waals surface area (Å²) in [5, 5.41) is 22.7. The highest BCUT2D eigenvalue weighted by molar-refractivity contribution is 6.09. The van der Waals surface area contributed by atoms with Crippen LogP contribution in [0.1, 0.15) is 35.5 Å². The van der Waals surface area contributed by atoms with Gasteiger partial charge < -0.3 is 30.8 Å². The number of piperazine rings is 1. The van der Waals surface area contributed by atoms with Crippen LogP contribution in [0.25, 0.3) is 5.57 Å². The molecule has 2 aromatic rings. The molecule has 2 aliphatic heterocycles. The van der Waals surface area contributed by atoms with Gasteiger partial charge in [-0.25, -0.2) is 4.98 Å². The molecule has 0 bridgehead atoms. The average molecular weight is 480 g/mol. The molecule has 2 aliphatic rings. The number of ether oxygens (including phenoxy) is 1. The second-order valence-electron chi connectivity index (χ2n) is 9.31. The monoisotopic (exact) mass is 479 g/mol. The summed E-state index contributed by atoms with van der Waals surface area (Å²) in [4.78, 5) is 27.1. The van der Waals surface area contributed by atoms with E-state index in [0.717, 1.165) is 18.7 Å². The largest absolute Gasteiger partial charge is 0.471 e. The number of rotatable bonds is 8. The van der Waals surface area contributed by atoms with Crippen LogP contribution in [0.5, 0.6) is 5.88 Å². The van der Waals surface area contributed by atoms with Crippen molar-refractivity contribution in [1.29, 1.82) is 5.41 Å². The number of nitrogens with one attached hydrogen (secondary N) is 3. The van der Waals surface area contributed by atoms with Crippen molar-refractivity contribution < 1.29 is 14.6 Å². The van der Waals surface area contributed by atoms with E-state index in [1.165, 1.54) is 6.21 Å². The summed E-state index contributed by atoms with van der Waals surface area (Å²) < 4.78 is 6.06. The Morgan fingerprint density at radius 3 is 2.71 bits per heavy atom. The van der Waals surface area contributed by atoms with E-state index in [-0.39, 0.29) is 18.1 Å². The topological polar surface area (TPSA) is 127 Å². The van der Waals surface area contributed by atoms with Gasteiger partial charge in [0, 0.05) is 69.7 Å². The van der Waals surface area contributed by atoms with Crippen LogP contribution in [0.3, 0.4) is 0 Å².